The summed E-state index contributed by atoms with van der Waals surface area (Å²) in [5, 5.41) is 9.01. The van der Waals surface area contributed by atoms with Crippen LogP contribution < -0.4 is 0 Å². The fraction of sp³-hybridized carbons (Fsp3) is 0.250. The second-order valence-corrected chi connectivity index (χ2v) is 3.29. The van der Waals surface area contributed by atoms with E-state index < -0.39 is 0 Å². The predicted octanol–water partition coefficient (Wildman–Crippen LogP) is 1.81. The number of Topliss-reactive ketones (excluding diaryl/α,β-unsaturated/α-hetero) is 1. The van der Waals surface area contributed by atoms with Crippen LogP contribution in [0.2, 0.25) is 0 Å². The minimum atomic E-state index is -0.275. The standard InChI is InChI=1S/C8H10O3S/c1-5(4-9)12-8(6(2)10)7(3)11/h4,10H,1H2,2-3H3/b8-6+. The van der Waals surface area contributed by atoms with Gasteiger partial charge in [-0.15, -0.1) is 0 Å². The highest BCUT2D eigenvalue weighted by molar-refractivity contribution is 8.08. The van der Waals surface area contributed by atoms with Gasteiger partial charge in [-0.3, -0.25) is 9.59 Å². The molecule has 0 aliphatic carbocycles. The molecule has 0 unspecified atom stereocenters. The Bertz CT molecular complexity index is 249. The minimum absolute atomic E-state index is 0.0875. The molecule has 0 bridgehead atoms. The molecule has 0 aromatic heterocycles. The number of allylic oxidation sites excluding steroid dienone is 3. The summed E-state index contributed by atoms with van der Waals surface area (Å²) in [6.07, 6.45) is 0.538. The average Bonchev–Trinajstić information content (AvgIpc) is 1.98. The van der Waals surface area contributed by atoms with Gasteiger partial charge < -0.3 is 5.11 Å². The summed E-state index contributed by atoms with van der Waals surface area (Å²) in [5.41, 5.74) is 0. The normalized spacial score (nSPS) is 11.8. The van der Waals surface area contributed by atoms with Gasteiger partial charge in [-0.1, -0.05) is 18.3 Å². The van der Waals surface area contributed by atoms with Crippen LogP contribution in [-0.2, 0) is 9.59 Å². The Kier molecular flexibility index (Phi) is 4.36. The number of carbonyl (C=O) groups excluding carboxylic acids is 2. The monoisotopic (exact) mass is 186 g/mol. The smallest absolute Gasteiger partial charge is 0.169 e. The van der Waals surface area contributed by atoms with Crippen LogP contribution in [0.4, 0.5) is 0 Å². The SMILES string of the molecule is C=C(C=O)S/C(C(C)=O)=C(\C)O. The summed E-state index contributed by atoms with van der Waals surface area (Å²) in [6.45, 7) is 6.09. The first-order valence-electron chi connectivity index (χ1n) is 3.21. The molecule has 4 heteroatoms. The van der Waals surface area contributed by atoms with Crippen molar-refractivity contribution in [1.29, 1.82) is 0 Å². The molecule has 3 nitrogen and oxygen atoms in total. The zero-order chi connectivity index (χ0) is 9.72. The van der Waals surface area contributed by atoms with E-state index in [0.717, 1.165) is 11.8 Å². The number of ketones is 1. The lowest BCUT2D eigenvalue weighted by atomic mass is 10.4. The van der Waals surface area contributed by atoms with E-state index >= 15 is 0 Å². The molecule has 0 aromatic rings. The van der Waals surface area contributed by atoms with Crippen LogP contribution in [0.25, 0.3) is 0 Å². The minimum Gasteiger partial charge on any atom is -0.511 e. The third kappa shape index (κ3) is 3.39. The van der Waals surface area contributed by atoms with Gasteiger partial charge in [0, 0.05) is 4.91 Å². The van der Waals surface area contributed by atoms with Crippen LogP contribution in [0.1, 0.15) is 13.8 Å². The van der Waals surface area contributed by atoms with Crippen molar-refractivity contribution in [2.24, 2.45) is 0 Å². The Hall–Kier alpha value is -1.03. The van der Waals surface area contributed by atoms with E-state index in [9.17, 15) is 9.59 Å². The van der Waals surface area contributed by atoms with E-state index in [4.69, 9.17) is 5.11 Å². The summed E-state index contributed by atoms with van der Waals surface area (Å²) < 4.78 is 0. The highest BCUT2D eigenvalue weighted by Gasteiger charge is 2.09. The predicted molar refractivity (Wildman–Crippen MR) is 48.8 cm³/mol. The van der Waals surface area contributed by atoms with Gasteiger partial charge in [0.05, 0.1) is 4.91 Å². The molecule has 0 rings (SSSR count). The van der Waals surface area contributed by atoms with Crippen molar-refractivity contribution in [2.45, 2.75) is 13.8 Å². The average molecular weight is 186 g/mol. The first kappa shape index (κ1) is 11.0. The van der Waals surface area contributed by atoms with Crippen molar-refractivity contribution in [3.05, 3.63) is 22.1 Å². The Morgan fingerprint density at radius 1 is 1.50 bits per heavy atom. The summed E-state index contributed by atoms with van der Waals surface area (Å²) >= 11 is 0.878. The van der Waals surface area contributed by atoms with E-state index in [1.165, 1.54) is 13.8 Å². The van der Waals surface area contributed by atoms with Crippen molar-refractivity contribution < 1.29 is 14.7 Å². The molecule has 0 aliphatic heterocycles. The molecule has 0 amide bonds. The number of hydrogen-bond acceptors (Lipinski definition) is 4. The van der Waals surface area contributed by atoms with E-state index in [1.54, 1.807) is 0 Å². The molecule has 0 saturated heterocycles. The Morgan fingerprint density at radius 2 is 2.00 bits per heavy atom. The summed E-state index contributed by atoms with van der Waals surface area (Å²) in [4.78, 5) is 21.4. The lowest BCUT2D eigenvalue weighted by Crippen LogP contribution is -1.96. The fourth-order valence-corrected chi connectivity index (χ4v) is 1.16. The molecule has 0 aromatic carbocycles. The second-order valence-electron chi connectivity index (χ2n) is 2.16. The highest BCUT2D eigenvalue weighted by atomic mass is 32.2. The van der Waals surface area contributed by atoms with Gasteiger partial charge in [-0.2, -0.15) is 0 Å². The van der Waals surface area contributed by atoms with Crippen LogP contribution in [0.15, 0.2) is 22.1 Å². The van der Waals surface area contributed by atoms with Gasteiger partial charge >= 0.3 is 0 Å². The quantitative estimate of drug-likeness (QED) is 0.413. The van der Waals surface area contributed by atoms with Crippen molar-refractivity contribution in [3.8, 4) is 0 Å². The molecule has 0 saturated carbocycles. The molecule has 0 fully saturated rings. The number of aldehydes is 1. The Morgan fingerprint density at radius 3 is 2.25 bits per heavy atom. The van der Waals surface area contributed by atoms with Crippen LogP contribution in [0.5, 0.6) is 0 Å². The van der Waals surface area contributed by atoms with Gasteiger partial charge in [0.15, 0.2) is 12.1 Å². The molecule has 66 valence electrons. The van der Waals surface area contributed by atoms with Gasteiger partial charge in [-0.05, 0) is 13.8 Å². The van der Waals surface area contributed by atoms with Gasteiger partial charge in [0.2, 0.25) is 0 Å². The highest BCUT2D eigenvalue weighted by Crippen LogP contribution is 2.25. The number of hydrogen-bond donors (Lipinski definition) is 1. The molecular formula is C8H10O3S. The maximum atomic E-state index is 10.8. The number of carbonyl (C=O) groups is 2. The molecule has 12 heavy (non-hydrogen) atoms. The number of aliphatic hydroxyl groups excluding tert-OH is 1. The lowest BCUT2D eigenvalue weighted by molar-refractivity contribution is -0.113. The number of rotatable bonds is 4. The fourth-order valence-electron chi connectivity index (χ4n) is 0.556. The van der Waals surface area contributed by atoms with E-state index in [2.05, 4.69) is 6.58 Å². The van der Waals surface area contributed by atoms with Crippen molar-refractivity contribution >= 4 is 23.8 Å². The zero-order valence-electron chi connectivity index (χ0n) is 6.96. The molecule has 0 radical (unpaired) electrons. The topological polar surface area (TPSA) is 54.4 Å². The van der Waals surface area contributed by atoms with Gasteiger partial charge in [0.25, 0.3) is 0 Å². The molecule has 0 heterocycles. The van der Waals surface area contributed by atoms with Crippen molar-refractivity contribution in [3.63, 3.8) is 0 Å². The zero-order valence-corrected chi connectivity index (χ0v) is 7.77. The van der Waals surface area contributed by atoms with E-state index in [1.807, 2.05) is 0 Å². The van der Waals surface area contributed by atoms with Gasteiger partial charge in [-0.25, -0.2) is 0 Å². The third-order valence-corrected chi connectivity index (χ3v) is 2.16. The second kappa shape index (κ2) is 4.77. The maximum Gasteiger partial charge on any atom is 0.169 e. The maximum absolute atomic E-state index is 10.8. The summed E-state index contributed by atoms with van der Waals surface area (Å²) in [5.74, 6) is -0.362. The van der Waals surface area contributed by atoms with Gasteiger partial charge in [0.1, 0.15) is 5.76 Å². The van der Waals surface area contributed by atoms with Crippen LogP contribution in [0, 0.1) is 0 Å². The Balaban J connectivity index is 4.58. The van der Waals surface area contributed by atoms with E-state index in [0.29, 0.717) is 6.29 Å². The molecule has 0 spiro atoms. The number of aliphatic hydroxyl groups is 1. The van der Waals surface area contributed by atoms with Crippen molar-refractivity contribution in [2.75, 3.05) is 0 Å². The van der Waals surface area contributed by atoms with E-state index in [-0.39, 0.29) is 21.4 Å². The largest absolute Gasteiger partial charge is 0.511 e. The molecule has 0 aliphatic rings. The first-order chi connectivity index (χ1) is 5.49. The lowest BCUT2D eigenvalue weighted by Gasteiger charge is -2.01. The summed E-state index contributed by atoms with van der Waals surface area (Å²) in [6, 6.07) is 0. The third-order valence-electron chi connectivity index (χ3n) is 1.01. The first-order valence-corrected chi connectivity index (χ1v) is 4.03. The molecular weight excluding hydrogens is 176 g/mol. The summed E-state index contributed by atoms with van der Waals surface area (Å²) in [7, 11) is 0. The van der Waals surface area contributed by atoms with Crippen LogP contribution in [-0.4, -0.2) is 17.2 Å². The molecule has 1 N–H and O–H groups in total. The Labute approximate surface area is 75.2 Å². The molecule has 0 atom stereocenters. The van der Waals surface area contributed by atoms with Crippen molar-refractivity contribution in [1.82, 2.24) is 0 Å². The van der Waals surface area contributed by atoms with Crippen LogP contribution in [0.3, 0.4) is 0 Å². The number of thioether (sulfide) groups is 1. The van der Waals surface area contributed by atoms with Crippen LogP contribution >= 0.6 is 11.8 Å².